The molecule has 88 valence electrons. The molecule has 0 fully saturated rings. The van der Waals surface area contributed by atoms with Crippen LogP contribution in [0, 0.1) is 0 Å². The molecule has 1 heterocycles. The maximum atomic E-state index is 10.2. The van der Waals surface area contributed by atoms with Crippen molar-refractivity contribution in [3.63, 3.8) is 0 Å². The number of hydrogen-bond acceptors (Lipinski definition) is 5. The molecular formula is C11H9ClN2O2S. The molecule has 0 amide bonds. The van der Waals surface area contributed by atoms with Crippen LogP contribution in [0.3, 0.4) is 0 Å². The Kier molecular flexibility index (Phi) is 4.17. The number of thioether (sulfide) groups is 1. The summed E-state index contributed by atoms with van der Waals surface area (Å²) in [4.78, 5) is 10.2. The zero-order valence-electron chi connectivity index (χ0n) is 8.80. The molecule has 0 N–H and O–H groups in total. The molecular weight excluding hydrogens is 260 g/mol. The highest BCUT2D eigenvalue weighted by Crippen LogP contribution is 2.28. The minimum Gasteiger partial charge on any atom is -0.411 e. The highest BCUT2D eigenvalue weighted by atomic mass is 35.5. The van der Waals surface area contributed by atoms with Gasteiger partial charge < -0.3 is 9.21 Å². The van der Waals surface area contributed by atoms with Crippen LogP contribution in [0.25, 0.3) is 11.5 Å². The smallest absolute Gasteiger partial charge is 0.276 e. The summed E-state index contributed by atoms with van der Waals surface area (Å²) in [5.41, 5.74) is 0.712. The minimum atomic E-state index is 0.393. The van der Waals surface area contributed by atoms with Crippen LogP contribution < -0.4 is 0 Å². The van der Waals surface area contributed by atoms with E-state index in [1.165, 1.54) is 11.8 Å². The monoisotopic (exact) mass is 268 g/mol. The Morgan fingerprint density at radius 2 is 2.18 bits per heavy atom. The summed E-state index contributed by atoms with van der Waals surface area (Å²) in [6.07, 6.45) is 1.33. The van der Waals surface area contributed by atoms with Gasteiger partial charge >= 0.3 is 0 Å². The van der Waals surface area contributed by atoms with Gasteiger partial charge in [0, 0.05) is 12.2 Å². The van der Waals surface area contributed by atoms with E-state index in [1.807, 2.05) is 18.2 Å². The molecule has 2 aromatic rings. The van der Waals surface area contributed by atoms with Crippen LogP contribution in [0.15, 0.2) is 33.9 Å². The number of nitrogens with zero attached hydrogens (tertiary/aromatic N) is 2. The zero-order chi connectivity index (χ0) is 12.1. The van der Waals surface area contributed by atoms with Crippen molar-refractivity contribution in [3.8, 4) is 11.5 Å². The fraction of sp³-hybridized carbons (Fsp3) is 0.182. The summed E-state index contributed by atoms with van der Waals surface area (Å²) in [6, 6.07) is 7.27. The van der Waals surface area contributed by atoms with Crippen LogP contribution in [-0.2, 0) is 4.79 Å². The Bertz CT molecular complexity index is 516. The van der Waals surface area contributed by atoms with Crippen LogP contribution in [0.5, 0.6) is 0 Å². The van der Waals surface area contributed by atoms with E-state index in [2.05, 4.69) is 10.2 Å². The fourth-order valence-electron chi connectivity index (χ4n) is 1.21. The van der Waals surface area contributed by atoms with Crippen molar-refractivity contribution in [1.29, 1.82) is 0 Å². The quantitative estimate of drug-likeness (QED) is 0.474. The standard InChI is InChI=1S/C11H9ClN2O2S/c12-9-5-2-1-4-8(9)10-13-14-11(16-10)17-7-3-6-15/h1-2,4-6H,3,7H2. The number of rotatable bonds is 5. The van der Waals surface area contributed by atoms with Crippen LogP contribution in [-0.4, -0.2) is 22.2 Å². The van der Waals surface area contributed by atoms with Gasteiger partial charge in [0.1, 0.15) is 6.29 Å². The van der Waals surface area contributed by atoms with Gasteiger partial charge in [-0.3, -0.25) is 0 Å². The molecule has 0 unspecified atom stereocenters. The molecule has 0 radical (unpaired) electrons. The molecule has 0 aliphatic carbocycles. The Morgan fingerprint density at radius 3 is 2.94 bits per heavy atom. The lowest BCUT2D eigenvalue weighted by Crippen LogP contribution is -1.80. The maximum absolute atomic E-state index is 10.2. The van der Waals surface area contributed by atoms with Crippen LogP contribution in [0.1, 0.15) is 6.42 Å². The van der Waals surface area contributed by atoms with E-state index in [0.717, 1.165) is 6.29 Å². The van der Waals surface area contributed by atoms with Gasteiger partial charge in [-0.25, -0.2) is 0 Å². The van der Waals surface area contributed by atoms with E-state index in [1.54, 1.807) is 6.07 Å². The number of aldehydes is 1. The lowest BCUT2D eigenvalue weighted by atomic mass is 10.2. The molecule has 1 aromatic carbocycles. The van der Waals surface area contributed by atoms with E-state index < -0.39 is 0 Å². The maximum Gasteiger partial charge on any atom is 0.276 e. The second-order valence-corrected chi connectivity index (χ2v) is 4.61. The number of hydrogen-bond donors (Lipinski definition) is 0. The molecule has 0 aliphatic rings. The predicted octanol–water partition coefficient (Wildman–Crippen LogP) is 3.07. The molecule has 0 atom stereocenters. The van der Waals surface area contributed by atoms with Gasteiger partial charge in [-0.15, -0.1) is 10.2 Å². The first-order valence-electron chi connectivity index (χ1n) is 4.96. The summed E-state index contributed by atoms with van der Waals surface area (Å²) in [5.74, 6) is 1.03. The van der Waals surface area contributed by atoms with Crippen molar-refractivity contribution < 1.29 is 9.21 Å². The Morgan fingerprint density at radius 1 is 1.35 bits per heavy atom. The summed E-state index contributed by atoms with van der Waals surface area (Å²) in [5, 5.41) is 8.81. The van der Waals surface area contributed by atoms with Gasteiger partial charge in [0.05, 0.1) is 10.6 Å². The minimum absolute atomic E-state index is 0.393. The molecule has 1 aromatic heterocycles. The molecule has 0 saturated heterocycles. The zero-order valence-corrected chi connectivity index (χ0v) is 10.4. The highest BCUT2D eigenvalue weighted by Gasteiger charge is 2.11. The molecule has 2 rings (SSSR count). The molecule has 0 bridgehead atoms. The SMILES string of the molecule is O=CCCSc1nnc(-c2ccccc2Cl)o1. The lowest BCUT2D eigenvalue weighted by Gasteiger charge is -1.96. The van der Waals surface area contributed by atoms with E-state index in [-0.39, 0.29) is 0 Å². The third-order valence-electron chi connectivity index (χ3n) is 1.97. The first-order valence-corrected chi connectivity index (χ1v) is 6.32. The van der Waals surface area contributed by atoms with Gasteiger partial charge in [-0.2, -0.15) is 0 Å². The number of halogens is 1. The third kappa shape index (κ3) is 3.08. The molecule has 4 nitrogen and oxygen atoms in total. The van der Waals surface area contributed by atoms with Gasteiger partial charge in [-0.05, 0) is 12.1 Å². The number of carbonyl (C=O) groups is 1. The Hall–Kier alpha value is -1.33. The van der Waals surface area contributed by atoms with Crippen molar-refractivity contribution in [2.45, 2.75) is 11.6 Å². The van der Waals surface area contributed by atoms with Crippen LogP contribution >= 0.6 is 23.4 Å². The summed E-state index contributed by atoms with van der Waals surface area (Å²) in [6.45, 7) is 0. The van der Waals surface area contributed by atoms with Gasteiger partial charge in [0.2, 0.25) is 5.89 Å². The summed E-state index contributed by atoms with van der Waals surface area (Å²) >= 11 is 7.37. The average molecular weight is 269 g/mol. The number of carbonyl (C=O) groups excluding carboxylic acids is 1. The Labute approximate surface area is 107 Å². The molecule has 0 saturated carbocycles. The largest absolute Gasteiger partial charge is 0.411 e. The molecule has 17 heavy (non-hydrogen) atoms. The predicted molar refractivity (Wildman–Crippen MR) is 66.1 cm³/mol. The first-order chi connectivity index (χ1) is 8.31. The third-order valence-corrected chi connectivity index (χ3v) is 3.15. The molecule has 6 heteroatoms. The first kappa shape index (κ1) is 12.1. The average Bonchev–Trinajstić information content (AvgIpc) is 2.79. The number of benzene rings is 1. The van der Waals surface area contributed by atoms with Gasteiger partial charge in [-0.1, -0.05) is 35.5 Å². The highest BCUT2D eigenvalue weighted by molar-refractivity contribution is 7.99. The van der Waals surface area contributed by atoms with Gasteiger partial charge in [0.15, 0.2) is 0 Å². The van der Waals surface area contributed by atoms with E-state index >= 15 is 0 Å². The van der Waals surface area contributed by atoms with Crippen molar-refractivity contribution in [2.24, 2.45) is 0 Å². The Balaban J connectivity index is 2.13. The second kappa shape index (κ2) is 5.84. The molecule has 0 spiro atoms. The van der Waals surface area contributed by atoms with Crippen molar-refractivity contribution in [2.75, 3.05) is 5.75 Å². The van der Waals surface area contributed by atoms with Crippen LogP contribution in [0.4, 0.5) is 0 Å². The van der Waals surface area contributed by atoms with Crippen molar-refractivity contribution in [1.82, 2.24) is 10.2 Å². The van der Waals surface area contributed by atoms with E-state index in [0.29, 0.717) is 33.9 Å². The van der Waals surface area contributed by atoms with Gasteiger partial charge in [0.25, 0.3) is 5.22 Å². The van der Waals surface area contributed by atoms with Crippen LogP contribution in [0.2, 0.25) is 5.02 Å². The second-order valence-electron chi connectivity index (χ2n) is 3.16. The van der Waals surface area contributed by atoms with Crippen molar-refractivity contribution in [3.05, 3.63) is 29.3 Å². The summed E-state index contributed by atoms with van der Waals surface area (Å²) < 4.78 is 5.44. The van der Waals surface area contributed by atoms with E-state index in [9.17, 15) is 4.79 Å². The molecule has 0 aliphatic heterocycles. The lowest BCUT2D eigenvalue weighted by molar-refractivity contribution is -0.107. The van der Waals surface area contributed by atoms with E-state index in [4.69, 9.17) is 16.0 Å². The normalized spacial score (nSPS) is 10.4. The summed E-state index contributed by atoms with van der Waals surface area (Å²) in [7, 11) is 0. The van der Waals surface area contributed by atoms with Crippen molar-refractivity contribution >= 4 is 29.6 Å². The topological polar surface area (TPSA) is 56.0 Å². The fourth-order valence-corrected chi connectivity index (χ4v) is 2.05. The number of aromatic nitrogens is 2.